The molecule has 0 saturated heterocycles. The van der Waals surface area contributed by atoms with E-state index in [1.807, 2.05) is 0 Å². The molecule has 0 amide bonds. The van der Waals surface area contributed by atoms with Gasteiger partial charge in [0.25, 0.3) is 0 Å². The highest BCUT2D eigenvalue weighted by molar-refractivity contribution is 5.65. The van der Waals surface area contributed by atoms with Crippen LogP contribution < -0.4 is 0 Å². The molecule has 1 atom stereocenters. The molecule has 0 aliphatic heterocycles. The van der Waals surface area contributed by atoms with Gasteiger partial charge in [-0.15, -0.1) is 0 Å². The van der Waals surface area contributed by atoms with E-state index in [0.717, 1.165) is 6.42 Å². The van der Waals surface area contributed by atoms with E-state index in [1.54, 1.807) is 0 Å². The zero-order chi connectivity index (χ0) is 10.8. The van der Waals surface area contributed by atoms with Gasteiger partial charge in [0.05, 0.1) is 6.61 Å². The summed E-state index contributed by atoms with van der Waals surface area (Å²) in [6, 6.07) is 0. The first kappa shape index (κ1) is 11.3. The Labute approximate surface area is 86.3 Å². The molecule has 1 aliphatic rings. The molecule has 80 valence electrons. The lowest BCUT2D eigenvalue weighted by atomic mass is 9.69. The van der Waals surface area contributed by atoms with Gasteiger partial charge in [-0.3, -0.25) is 4.79 Å². The fourth-order valence-electron chi connectivity index (χ4n) is 2.16. The average Bonchev–Trinajstić information content (AvgIpc) is 2.01. The summed E-state index contributed by atoms with van der Waals surface area (Å²) in [4.78, 5) is 10.8. The molecule has 2 heteroatoms. The zero-order valence-corrected chi connectivity index (χ0v) is 9.59. The predicted octanol–water partition coefficient (Wildman–Crippen LogP) is 2.93. The van der Waals surface area contributed by atoms with Crippen LogP contribution in [0.5, 0.6) is 0 Å². The lowest BCUT2D eigenvalue weighted by Crippen LogP contribution is -2.32. The van der Waals surface area contributed by atoms with E-state index in [9.17, 15) is 4.79 Å². The van der Waals surface area contributed by atoms with Gasteiger partial charge in [0.1, 0.15) is 0 Å². The van der Waals surface area contributed by atoms with Gasteiger partial charge >= 0.3 is 5.97 Å². The highest BCUT2D eigenvalue weighted by atomic mass is 16.5. The van der Waals surface area contributed by atoms with Crippen LogP contribution >= 0.6 is 0 Å². The topological polar surface area (TPSA) is 26.3 Å². The number of rotatable bonds is 2. The van der Waals surface area contributed by atoms with Gasteiger partial charge in [-0.05, 0) is 25.2 Å². The van der Waals surface area contributed by atoms with Crippen molar-refractivity contribution in [3.63, 3.8) is 0 Å². The van der Waals surface area contributed by atoms with Crippen LogP contribution in [0, 0.1) is 11.3 Å². The maximum Gasteiger partial charge on any atom is 0.302 e. The fraction of sp³-hybridized carbons (Fsp3) is 0.750. The van der Waals surface area contributed by atoms with E-state index in [-0.39, 0.29) is 11.4 Å². The molecule has 0 fully saturated rings. The Morgan fingerprint density at radius 2 is 2.29 bits per heavy atom. The van der Waals surface area contributed by atoms with Crippen molar-refractivity contribution in [1.29, 1.82) is 0 Å². The first-order valence-corrected chi connectivity index (χ1v) is 5.23. The van der Waals surface area contributed by atoms with Crippen LogP contribution in [0.1, 0.15) is 40.5 Å². The molecule has 2 nitrogen and oxygen atoms in total. The minimum absolute atomic E-state index is 0.181. The number of allylic oxidation sites excluding steroid dienone is 1. The molecule has 0 bridgehead atoms. The van der Waals surface area contributed by atoms with Crippen molar-refractivity contribution in [2.45, 2.75) is 40.5 Å². The number of hydrogen-bond acceptors (Lipinski definition) is 2. The minimum atomic E-state index is -0.181. The molecule has 1 aliphatic carbocycles. The summed E-state index contributed by atoms with van der Waals surface area (Å²) in [7, 11) is 0. The second-order valence-corrected chi connectivity index (χ2v) is 4.83. The minimum Gasteiger partial charge on any atom is -0.465 e. The molecule has 0 aromatic heterocycles. The van der Waals surface area contributed by atoms with Crippen LogP contribution in [0.4, 0.5) is 0 Å². The molecule has 0 radical (unpaired) electrons. The van der Waals surface area contributed by atoms with Gasteiger partial charge in [0.2, 0.25) is 0 Å². The average molecular weight is 196 g/mol. The van der Waals surface area contributed by atoms with E-state index >= 15 is 0 Å². The first-order chi connectivity index (χ1) is 6.43. The molecule has 0 N–H and O–H groups in total. The Bertz CT molecular complexity index is 251. The van der Waals surface area contributed by atoms with E-state index < -0.39 is 0 Å². The Morgan fingerprint density at radius 3 is 2.79 bits per heavy atom. The van der Waals surface area contributed by atoms with Crippen molar-refractivity contribution in [2.75, 3.05) is 6.61 Å². The number of ether oxygens (including phenoxy) is 1. The van der Waals surface area contributed by atoms with Crippen molar-refractivity contribution >= 4 is 5.97 Å². The monoisotopic (exact) mass is 196 g/mol. The molecule has 0 heterocycles. The van der Waals surface area contributed by atoms with Crippen molar-refractivity contribution in [2.24, 2.45) is 11.3 Å². The zero-order valence-electron chi connectivity index (χ0n) is 9.59. The summed E-state index contributed by atoms with van der Waals surface area (Å²) in [6.07, 6.45) is 4.59. The molecule has 1 rings (SSSR count). The fourth-order valence-corrected chi connectivity index (χ4v) is 2.16. The van der Waals surface area contributed by atoms with Crippen LogP contribution in [0.3, 0.4) is 0 Å². The van der Waals surface area contributed by atoms with Gasteiger partial charge in [0.15, 0.2) is 0 Å². The predicted molar refractivity (Wildman–Crippen MR) is 56.9 cm³/mol. The molecular formula is C12H20O2. The molecule has 0 aromatic rings. The summed E-state index contributed by atoms with van der Waals surface area (Å²) in [5.41, 5.74) is 1.62. The summed E-state index contributed by atoms with van der Waals surface area (Å²) in [5.74, 6) is 0.208. The Morgan fingerprint density at radius 1 is 1.64 bits per heavy atom. The third kappa shape index (κ3) is 2.60. The maximum atomic E-state index is 10.8. The van der Waals surface area contributed by atoms with Gasteiger partial charge in [-0.25, -0.2) is 0 Å². The lowest BCUT2D eigenvalue weighted by molar-refractivity contribution is -0.143. The third-order valence-electron chi connectivity index (χ3n) is 3.20. The van der Waals surface area contributed by atoms with Gasteiger partial charge in [-0.1, -0.05) is 25.5 Å². The van der Waals surface area contributed by atoms with Gasteiger partial charge < -0.3 is 4.74 Å². The number of carbonyl (C=O) groups is 1. The van der Waals surface area contributed by atoms with Crippen LogP contribution in [-0.4, -0.2) is 12.6 Å². The molecular weight excluding hydrogens is 176 g/mol. The SMILES string of the molecule is CC(=O)OC[C@H]1C(C)=CCCC1(C)C. The van der Waals surface area contributed by atoms with E-state index in [0.29, 0.717) is 12.5 Å². The van der Waals surface area contributed by atoms with Crippen LogP contribution in [-0.2, 0) is 9.53 Å². The molecule has 0 aromatic carbocycles. The van der Waals surface area contributed by atoms with E-state index in [1.165, 1.54) is 18.9 Å². The Kier molecular flexibility index (Phi) is 3.35. The summed E-state index contributed by atoms with van der Waals surface area (Å²) >= 11 is 0. The number of hydrogen-bond donors (Lipinski definition) is 0. The number of esters is 1. The van der Waals surface area contributed by atoms with E-state index in [2.05, 4.69) is 26.8 Å². The largest absolute Gasteiger partial charge is 0.465 e. The quantitative estimate of drug-likeness (QED) is 0.501. The Hall–Kier alpha value is -0.790. The van der Waals surface area contributed by atoms with Crippen molar-refractivity contribution in [1.82, 2.24) is 0 Å². The Balaban J connectivity index is 2.66. The standard InChI is InChI=1S/C12H20O2/c1-9-6-5-7-12(3,4)11(9)8-14-10(2)13/h6,11H,5,7-8H2,1-4H3/t11-/m0/s1. The molecule has 0 unspecified atom stereocenters. The summed E-state index contributed by atoms with van der Waals surface area (Å²) < 4.78 is 5.11. The summed E-state index contributed by atoms with van der Waals surface area (Å²) in [6.45, 7) is 8.63. The van der Waals surface area contributed by atoms with Gasteiger partial charge in [-0.2, -0.15) is 0 Å². The highest BCUT2D eigenvalue weighted by Crippen LogP contribution is 2.40. The second kappa shape index (κ2) is 4.16. The number of carbonyl (C=O) groups excluding carboxylic acids is 1. The highest BCUT2D eigenvalue weighted by Gasteiger charge is 2.33. The summed E-state index contributed by atoms with van der Waals surface area (Å²) in [5, 5.41) is 0. The van der Waals surface area contributed by atoms with E-state index in [4.69, 9.17) is 4.74 Å². The molecule has 14 heavy (non-hydrogen) atoms. The van der Waals surface area contributed by atoms with Crippen LogP contribution in [0.2, 0.25) is 0 Å². The van der Waals surface area contributed by atoms with Gasteiger partial charge in [0, 0.05) is 12.8 Å². The van der Waals surface area contributed by atoms with Crippen molar-refractivity contribution < 1.29 is 9.53 Å². The van der Waals surface area contributed by atoms with Crippen molar-refractivity contribution in [3.8, 4) is 0 Å². The first-order valence-electron chi connectivity index (χ1n) is 5.23. The van der Waals surface area contributed by atoms with Crippen LogP contribution in [0.15, 0.2) is 11.6 Å². The smallest absolute Gasteiger partial charge is 0.302 e. The molecule has 0 saturated carbocycles. The lowest BCUT2D eigenvalue weighted by Gasteiger charge is -2.37. The third-order valence-corrected chi connectivity index (χ3v) is 3.20. The molecule has 0 spiro atoms. The maximum absolute atomic E-state index is 10.8. The normalized spacial score (nSPS) is 25.4. The second-order valence-electron chi connectivity index (χ2n) is 4.83. The van der Waals surface area contributed by atoms with Crippen LogP contribution in [0.25, 0.3) is 0 Å². The van der Waals surface area contributed by atoms with Crippen molar-refractivity contribution in [3.05, 3.63) is 11.6 Å².